The molecular weight excluding hydrogens is 218 g/mol. The third-order valence-electron chi connectivity index (χ3n) is 2.60. The Morgan fingerprint density at radius 2 is 2.06 bits per heavy atom. The first-order valence-electron chi connectivity index (χ1n) is 6.21. The highest BCUT2D eigenvalue weighted by Crippen LogP contribution is 2.08. The van der Waals surface area contributed by atoms with Crippen LogP contribution in [0.15, 0.2) is 6.33 Å². The minimum absolute atomic E-state index is 0.193. The molecule has 0 unspecified atom stereocenters. The molecule has 0 bridgehead atoms. The van der Waals surface area contributed by atoms with E-state index in [1.54, 1.807) is 0 Å². The Bertz CT molecular complexity index is 336. The van der Waals surface area contributed by atoms with Crippen LogP contribution in [0.2, 0.25) is 0 Å². The molecule has 0 radical (unpaired) electrons. The Kier molecular flexibility index (Phi) is 6.14. The quantitative estimate of drug-likeness (QED) is 0.539. The molecule has 0 saturated heterocycles. The topological polar surface area (TPSA) is 81.0 Å². The van der Waals surface area contributed by atoms with E-state index in [-0.39, 0.29) is 11.5 Å². The molecule has 0 fully saturated rings. The number of nitrogens with two attached hydrogens (primary N) is 1. The van der Waals surface area contributed by atoms with Gasteiger partial charge in [-0.05, 0) is 6.42 Å². The van der Waals surface area contributed by atoms with Gasteiger partial charge in [0, 0.05) is 0 Å². The van der Waals surface area contributed by atoms with Crippen LogP contribution in [0, 0.1) is 0 Å². The summed E-state index contributed by atoms with van der Waals surface area (Å²) in [4.78, 5) is 17.9. The molecule has 0 aliphatic rings. The molecule has 0 aromatic carbocycles. The SMILES string of the molecule is CCCCCCCCOC(=O)c1[nH]cnc1N. The largest absolute Gasteiger partial charge is 0.461 e. The molecular formula is C12H21N3O2. The zero-order chi connectivity index (χ0) is 12.5. The second-order valence-electron chi connectivity index (χ2n) is 4.07. The van der Waals surface area contributed by atoms with E-state index >= 15 is 0 Å². The molecule has 1 heterocycles. The molecule has 0 atom stereocenters. The normalized spacial score (nSPS) is 10.4. The molecule has 0 aliphatic heterocycles. The van der Waals surface area contributed by atoms with Crippen LogP contribution in [-0.4, -0.2) is 22.5 Å². The first-order chi connectivity index (χ1) is 8.25. The first kappa shape index (κ1) is 13.5. The van der Waals surface area contributed by atoms with Gasteiger partial charge in [-0.1, -0.05) is 39.0 Å². The van der Waals surface area contributed by atoms with Gasteiger partial charge in [-0.3, -0.25) is 0 Å². The maximum absolute atomic E-state index is 11.5. The monoisotopic (exact) mass is 239 g/mol. The van der Waals surface area contributed by atoms with E-state index in [9.17, 15) is 4.79 Å². The van der Waals surface area contributed by atoms with Crippen molar-refractivity contribution in [3.8, 4) is 0 Å². The number of carbonyl (C=O) groups is 1. The van der Waals surface area contributed by atoms with E-state index in [0.717, 1.165) is 12.8 Å². The second kappa shape index (κ2) is 7.70. The molecule has 1 rings (SSSR count). The summed E-state index contributed by atoms with van der Waals surface area (Å²) in [5, 5.41) is 0. The number of carbonyl (C=O) groups excluding carboxylic acids is 1. The van der Waals surface area contributed by atoms with Gasteiger partial charge in [0.15, 0.2) is 11.5 Å². The number of imidazole rings is 1. The molecule has 96 valence electrons. The second-order valence-corrected chi connectivity index (χ2v) is 4.07. The Morgan fingerprint density at radius 3 is 2.71 bits per heavy atom. The lowest BCUT2D eigenvalue weighted by molar-refractivity contribution is 0.0493. The number of rotatable bonds is 8. The van der Waals surface area contributed by atoms with Crippen LogP contribution in [0.3, 0.4) is 0 Å². The van der Waals surface area contributed by atoms with Crippen molar-refractivity contribution in [1.82, 2.24) is 9.97 Å². The van der Waals surface area contributed by atoms with Gasteiger partial charge in [0.05, 0.1) is 12.9 Å². The van der Waals surface area contributed by atoms with Crippen molar-refractivity contribution < 1.29 is 9.53 Å². The number of aromatic amines is 1. The Balaban J connectivity index is 2.07. The van der Waals surface area contributed by atoms with E-state index in [1.807, 2.05) is 0 Å². The van der Waals surface area contributed by atoms with Gasteiger partial charge in [0.2, 0.25) is 0 Å². The fourth-order valence-electron chi connectivity index (χ4n) is 1.59. The lowest BCUT2D eigenvalue weighted by Gasteiger charge is -2.03. The summed E-state index contributed by atoms with van der Waals surface area (Å²) in [7, 11) is 0. The molecule has 1 aromatic rings. The van der Waals surface area contributed by atoms with Crippen molar-refractivity contribution in [2.75, 3.05) is 12.3 Å². The van der Waals surface area contributed by atoms with Gasteiger partial charge in [0.1, 0.15) is 0 Å². The maximum Gasteiger partial charge on any atom is 0.358 e. The third-order valence-corrected chi connectivity index (χ3v) is 2.60. The van der Waals surface area contributed by atoms with Gasteiger partial charge in [0.25, 0.3) is 0 Å². The number of hydrogen-bond acceptors (Lipinski definition) is 4. The average Bonchev–Trinajstić information content (AvgIpc) is 2.74. The fraction of sp³-hybridized carbons (Fsp3) is 0.667. The number of esters is 1. The number of unbranched alkanes of at least 4 members (excludes halogenated alkanes) is 5. The lowest BCUT2D eigenvalue weighted by atomic mass is 10.1. The molecule has 1 aromatic heterocycles. The van der Waals surface area contributed by atoms with Crippen molar-refractivity contribution in [3.05, 3.63) is 12.0 Å². The highest BCUT2D eigenvalue weighted by Gasteiger charge is 2.12. The number of aromatic nitrogens is 2. The number of H-pyrrole nitrogens is 1. The molecule has 0 aliphatic carbocycles. The minimum Gasteiger partial charge on any atom is -0.461 e. The molecule has 17 heavy (non-hydrogen) atoms. The summed E-state index contributed by atoms with van der Waals surface area (Å²) >= 11 is 0. The molecule has 0 saturated carbocycles. The van der Waals surface area contributed by atoms with Crippen molar-refractivity contribution in [2.24, 2.45) is 0 Å². The van der Waals surface area contributed by atoms with Gasteiger partial charge >= 0.3 is 5.97 Å². The number of nitrogens with zero attached hydrogens (tertiary/aromatic N) is 1. The Morgan fingerprint density at radius 1 is 1.35 bits per heavy atom. The van der Waals surface area contributed by atoms with E-state index in [0.29, 0.717) is 6.61 Å². The van der Waals surface area contributed by atoms with Crippen LogP contribution in [0.5, 0.6) is 0 Å². The summed E-state index contributed by atoms with van der Waals surface area (Å²) in [5.41, 5.74) is 5.73. The van der Waals surface area contributed by atoms with Gasteiger partial charge in [-0.25, -0.2) is 9.78 Å². The predicted octanol–water partition coefficient (Wildman–Crippen LogP) is 2.51. The minimum atomic E-state index is -0.423. The third kappa shape index (κ3) is 4.89. The van der Waals surface area contributed by atoms with Crippen LogP contribution < -0.4 is 5.73 Å². The number of ether oxygens (including phenoxy) is 1. The average molecular weight is 239 g/mol. The highest BCUT2D eigenvalue weighted by atomic mass is 16.5. The Hall–Kier alpha value is -1.52. The lowest BCUT2D eigenvalue weighted by Crippen LogP contribution is -2.09. The summed E-state index contributed by atoms with van der Waals surface area (Å²) in [6.07, 6.45) is 8.39. The first-order valence-corrected chi connectivity index (χ1v) is 6.21. The highest BCUT2D eigenvalue weighted by molar-refractivity contribution is 5.91. The molecule has 5 heteroatoms. The molecule has 0 amide bonds. The standard InChI is InChI=1S/C12H21N3O2/c1-2-3-4-5-6-7-8-17-12(16)10-11(13)15-9-14-10/h9H,2-8,13H2,1H3,(H,14,15). The molecule has 0 spiro atoms. The van der Waals surface area contributed by atoms with E-state index in [1.165, 1.54) is 32.0 Å². The van der Waals surface area contributed by atoms with Crippen molar-refractivity contribution >= 4 is 11.8 Å². The van der Waals surface area contributed by atoms with E-state index in [2.05, 4.69) is 16.9 Å². The number of nitrogen functional groups attached to an aromatic ring is 1. The summed E-state index contributed by atoms with van der Waals surface area (Å²) < 4.78 is 5.08. The van der Waals surface area contributed by atoms with Gasteiger partial charge in [-0.2, -0.15) is 0 Å². The summed E-state index contributed by atoms with van der Waals surface area (Å²) in [6.45, 7) is 2.64. The van der Waals surface area contributed by atoms with Gasteiger partial charge in [-0.15, -0.1) is 0 Å². The summed E-state index contributed by atoms with van der Waals surface area (Å²) in [6, 6.07) is 0. The maximum atomic E-state index is 11.5. The molecule has 5 nitrogen and oxygen atoms in total. The predicted molar refractivity (Wildman–Crippen MR) is 66.7 cm³/mol. The van der Waals surface area contributed by atoms with Crippen molar-refractivity contribution in [1.29, 1.82) is 0 Å². The zero-order valence-corrected chi connectivity index (χ0v) is 10.4. The van der Waals surface area contributed by atoms with Crippen LogP contribution in [-0.2, 0) is 4.74 Å². The van der Waals surface area contributed by atoms with E-state index < -0.39 is 5.97 Å². The van der Waals surface area contributed by atoms with Gasteiger partial charge < -0.3 is 15.5 Å². The van der Waals surface area contributed by atoms with Crippen LogP contribution >= 0.6 is 0 Å². The van der Waals surface area contributed by atoms with E-state index in [4.69, 9.17) is 10.5 Å². The number of anilines is 1. The van der Waals surface area contributed by atoms with Crippen molar-refractivity contribution in [3.63, 3.8) is 0 Å². The smallest absolute Gasteiger partial charge is 0.358 e. The fourth-order valence-corrected chi connectivity index (χ4v) is 1.59. The van der Waals surface area contributed by atoms with Crippen LogP contribution in [0.1, 0.15) is 55.9 Å². The number of nitrogens with one attached hydrogen (secondary N) is 1. The van der Waals surface area contributed by atoms with Crippen LogP contribution in [0.25, 0.3) is 0 Å². The van der Waals surface area contributed by atoms with Crippen molar-refractivity contribution in [2.45, 2.75) is 45.4 Å². The van der Waals surface area contributed by atoms with Crippen LogP contribution in [0.4, 0.5) is 5.82 Å². The number of hydrogen-bond donors (Lipinski definition) is 2. The zero-order valence-electron chi connectivity index (χ0n) is 10.4. The summed E-state index contributed by atoms with van der Waals surface area (Å²) in [5.74, 6) is -0.230. The molecule has 3 N–H and O–H groups in total. The Labute approximate surface area is 102 Å².